The lowest BCUT2D eigenvalue weighted by Crippen LogP contribution is -2.23. The number of ether oxygens (including phenoxy) is 2. The van der Waals surface area contributed by atoms with Gasteiger partial charge in [0.25, 0.3) is 5.91 Å². The summed E-state index contributed by atoms with van der Waals surface area (Å²) in [5.74, 6) is 0.399. The SMILES string of the molecule is CCCc1c2c(c(OCC)c3ccccc13)C(=O)N(c1ccc(CC(=O)OCC)cc1)C2. The third-order valence-corrected chi connectivity index (χ3v) is 5.86. The summed E-state index contributed by atoms with van der Waals surface area (Å²) >= 11 is 0. The number of hydrogen-bond donors (Lipinski definition) is 0. The first-order valence-electron chi connectivity index (χ1n) is 11.3. The normalized spacial score (nSPS) is 12.8. The molecule has 166 valence electrons. The standard InChI is InChI=1S/C27H29NO4/c1-4-9-20-21-10-7-8-11-22(21)26(32-6-3)25-23(20)17-28(27(25)30)19-14-12-18(13-15-19)16-24(29)31-5-2/h7-8,10-15H,4-6,9,16-17H2,1-3H3. The van der Waals surface area contributed by atoms with Crippen LogP contribution in [0.2, 0.25) is 0 Å². The molecule has 0 spiro atoms. The van der Waals surface area contributed by atoms with Gasteiger partial charge >= 0.3 is 5.97 Å². The van der Waals surface area contributed by atoms with Gasteiger partial charge in [-0.25, -0.2) is 0 Å². The van der Waals surface area contributed by atoms with Crippen molar-refractivity contribution in [2.45, 2.75) is 46.6 Å². The second-order valence-electron chi connectivity index (χ2n) is 7.93. The van der Waals surface area contributed by atoms with Crippen LogP contribution in [0.5, 0.6) is 5.75 Å². The van der Waals surface area contributed by atoms with Crippen molar-refractivity contribution in [3.63, 3.8) is 0 Å². The van der Waals surface area contributed by atoms with Crippen LogP contribution in [-0.2, 0) is 28.9 Å². The lowest BCUT2D eigenvalue weighted by Gasteiger charge is -2.16. The quantitative estimate of drug-likeness (QED) is 0.445. The first-order chi connectivity index (χ1) is 15.6. The molecule has 0 aliphatic carbocycles. The summed E-state index contributed by atoms with van der Waals surface area (Å²) in [5, 5.41) is 2.16. The minimum Gasteiger partial charge on any atom is -0.492 e. The van der Waals surface area contributed by atoms with Crippen molar-refractivity contribution in [1.29, 1.82) is 0 Å². The summed E-state index contributed by atoms with van der Waals surface area (Å²) in [4.78, 5) is 27.2. The van der Waals surface area contributed by atoms with Crippen LogP contribution in [0.3, 0.4) is 0 Å². The van der Waals surface area contributed by atoms with Gasteiger partial charge in [0.05, 0.1) is 31.7 Å². The fraction of sp³-hybridized carbons (Fsp3) is 0.333. The maximum Gasteiger partial charge on any atom is 0.310 e. The molecule has 1 aliphatic rings. The van der Waals surface area contributed by atoms with Gasteiger partial charge in [-0.15, -0.1) is 0 Å². The predicted octanol–water partition coefficient (Wildman–Crippen LogP) is 5.46. The van der Waals surface area contributed by atoms with Crippen molar-refractivity contribution in [3.8, 4) is 5.75 Å². The average Bonchev–Trinajstić information content (AvgIpc) is 3.14. The molecule has 0 N–H and O–H groups in total. The molecule has 0 fully saturated rings. The van der Waals surface area contributed by atoms with Crippen LogP contribution in [0.1, 0.15) is 54.2 Å². The number of amides is 1. The van der Waals surface area contributed by atoms with Crippen LogP contribution in [0.25, 0.3) is 10.8 Å². The lowest BCUT2D eigenvalue weighted by molar-refractivity contribution is -0.142. The zero-order valence-electron chi connectivity index (χ0n) is 18.9. The summed E-state index contributed by atoms with van der Waals surface area (Å²) in [6.45, 7) is 7.29. The van der Waals surface area contributed by atoms with E-state index in [2.05, 4.69) is 13.0 Å². The van der Waals surface area contributed by atoms with Crippen molar-refractivity contribution in [1.82, 2.24) is 0 Å². The number of fused-ring (bicyclic) bond motifs is 2. The lowest BCUT2D eigenvalue weighted by atomic mass is 9.91. The van der Waals surface area contributed by atoms with E-state index in [1.807, 2.05) is 49.4 Å². The van der Waals surface area contributed by atoms with E-state index < -0.39 is 0 Å². The highest BCUT2D eigenvalue weighted by molar-refractivity contribution is 6.16. The molecule has 32 heavy (non-hydrogen) atoms. The molecule has 0 saturated heterocycles. The van der Waals surface area contributed by atoms with Gasteiger partial charge in [-0.05, 0) is 54.5 Å². The number of hydrogen-bond acceptors (Lipinski definition) is 4. The Hall–Kier alpha value is -3.34. The van der Waals surface area contributed by atoms with Crippen molar-refractivity contribution >= 4 is 28.3 Å². The Morgan fingerprint density at radius 1 is 0.969 bits per heavy atom. The Bertz CT molecular complexity index is 1150. The second kappa shape index (κ2) is 9.43. The monoisotopic (exact) mass is 431 g/mol. The maximum atomic E-state index is 13.6. The molecule has 0 bridgehead atoms. The molecule has 1 aliphatic heterocycles. The first kappa shape index (κ1) is 21.9. The predicted molar refractivity (Wildman–Crippen MR) is 126 cm³/mol. The van der Waals surface area contributed by atoms with Crippen LogP contribution >= 0.6 is 0 Å². The van der Waals surface area contributed by atoms with Crippen molar-refractivity contribution in [2.24, 2.45) is 0 Å². The van der Waals surface area contributed by atoms with E-state index in [0.29, 0.717) is 31.1 Å². The molecular weight excluding hydrogens is 402 g/mol. The maximum absolute atomic E-state index is 13.6. The Labute approximate surface area is 188 Å². The number of nitrogens with zero attached hydrogens (tertiary/aromatic N) is 1. The molecule has 1 heterocycles. The van der Waals surface area contributed by atoms with Gasteiger partial charge < -0.3 is 14.4 Å². The summed E-state index contributed by atoms with van der Waals surface area (Å²) in [6.07, 6.45) is 2.14. The number of benzene rings is 3. The van der Waals surface area contributed by atoms with E-state index in [4.69, 9.17) is 9.47 Å². The number of carbonyl (C=O) groups is 2. The molecule has 0 atom stereocenters. The molecule has 0 radical (unpaired) electrons. The van der Waals surface area contributed by atoms with E-state index >= 15 is 0 Å². The average molecular weight is 432 g/mol. The van der Waals surface area contributed by atoms with E-state index in [1.165, 1.54) is 5.56 Å². The zero-order chi connectivity index (χ0) is 22.7. The number of esters is 1. The smallest absolute Gasteiger partial charge is 0.310 e. The topological polar surface area (TPSA) is 55.8 Å². The molecule has 0 saturated carbocycles. The Balaban J connectivity index is 1.74. The Morgan fingerprint density at radius 3 is 2.34 bits per heavy atom. The van der Waals surface area contributed by atoms with Gasteiger partial charge in [0.15, 0.2) is 0 Å². The number of rotatable bonds is 8. The highest BCUT2D eigenvalue weighted by Gasteiger charge is 2.35. The summed E-state index contributed by atoms with van der Waals surface area (Å²) in [6, 6.07) is 15.8. The van der Waals surface area contributed by atoms with Crippen molar-refractivity contribution in [3.05, 3.63) is 70.8 Å². The summed E-state index contributed by atoms with van der Waals surface area (Å²) in [7, 11) is 0. The number of aryl methyl sites for hydroxylation is 1. The van der Waals surface area contributed by atoms with Gasteiger partial charge in [0.1, 0.15) is 5.75 Å². The summed E-state index contributed by atoms with van der Waals surface area (Å²) in [5.41, 5.74) is 4.66. The van der Waals surface area contributed by atoms with Crippen LogP contribution in [0.15, 0.2) is 48.5 Å². The van der Waals surface area contributed by atoms with Gasteiger partial charge in [-0.2, -0.15) is 0 Å². The first-order valence-corrected chi connectivity index (χ1v) is 11.3. The van der Waals surface area contributed by atoms with Crippen molar-refractivity contribution in [2.75, 3.05) is 18.1 Å². The number of anilines is 1. The van der Waals surface area contributed by atoms with Gasteiger partial charge in [0.2, 0.25) is 0 Å². The molecule has 0 unspecified atom stereocenters. The Morgan fingerprint density at radius 2 is 1.69 bits per heavy atom. The van der Waals surface area contributed by atoms with Crippen LogP contribution in [-0.4, -0.2) is 25.1 Å². The van der Waals surface area contributed by atoms with E-state index in [9.17, 15) is 9.59 Å². The van der Waals surface area contributed by atoms with E-state index in [-0.39, 0.29) is 18.3 Å². The largest absolute Gasteiger partial charge is 0.492 e. The minimum atomic E-state index is -0.248. The molecule has 3 aromatic carbocycles. The molecule has 0 aromatic heterocycles. The van der Waals surface area contributed by atoms with Crippen LogP contribution < -0.4 is 9.64 Å². The fourth-order valence-corrected chi connectivity index (χ4v) is 4.51. The van der Waals surface area contributed by atoms with E-state index in [0.717, 1.165) is 40.4 Å². The fourth-order valence-electron chi connectivity index (χ4n) is 4.51. The molecule has 5 heteroatoms. The summed E-state index contributed by atoms with van der Waals surface area (Å²) < 4.78 is 11.1. The highest BCUT2D eigenvalue weighted by Crippen LogP contribution is 2.42. The Kier molecular flexibility index (Phi) is 6.45. The highest BCUT2D eigenvalue weighted by atomic mass is 16.5. The van der Waals surface area contributed by atoms with Gasteiger partial charge in [-0.1, -0.05) is 49.7 Å². The third-order valence-electron chi connectivity index (χ3n) is 5.86. The third kappa shape index (κ3) is 3.95. The van der Waals surface area contributed by atoms with Gasteiger partial charge in [-0.3, -0.25) is 9.59 Å². The zero-order valence-corrected chi connectivity index (χ0v) is 18.9. The molecule has 5 nitrogen and oxygen atoms in total. The van der Waals surface area contributed by atoms with Crippen LogP contribution in [0.4, 0.5) is 5.69 Å². The molecule has 3 aromatic rings. The van der Waals surface area contributed by atoms with E-state index in [1.54, 1.807) is 11.8 Å². The second-order valence-corrected chi connectivity index (χ2v) is 7.93. The minimum absolute atomic E-state index is 0.0373. The molecular formula is C27H29NO4. The molecule has 4 rings (SSSR count). The van der Waals surface area contributed by atoms with Crippen LogP contribution in [0, 0.1) is 0 Å². The molecule has 1 amide bonds. The number of carbonyl (C=O) groups excluding carboxylic acids is 2. The van der Waals surface area contributed by atoms with Gasteiger partial charge in [0, 0.05) is 11.1 Å². The van der Waals surface area contributed by atoms with Crippen molar-refractivity contribution < 1.29 is 19.1 Å².